The maximum Gasteiger partial charge on any atom is 0.240 e. The standard InChI is InChI=1S/C20H22N4O2S2/c1-27-17-7-3-15(4-8-17)13-21-23-19(25)11-12-20(26)24-22-14-16-5-9-18(28-2)10-6-16/h3-10,13-14H,11-12H2,1-2H3,(H,23,25)(H,24,26)/b21-13+,22-14+. The van der Waals surface area contributed by atoms with Crippen LogP contribution in [-0.4, -0.2) is 36.8 Å². The highest BCUT2D eigenvalue weighted by atomic mass is 32.2. The molecular weight excluding hydrogens is 392 g/mol. The quantitative estimate of drug-likeness (QED) is 0.374. The van der Waals surface area contributed by atoms with Crippen molar-refractivity contribution in [3.8, 4) is 0 Å². The molecule has 0 aliphatic rings. The van der Waals surface area contributed by atoms with Crippen LogP contribution in [0.3, 0.4) is 0 Å². The third-order valence-electron chi connectivity index (χ3n) is 3.62. The number of carbonyl (C=O) groups excluding carboxylic acids is 2. The minimum atomic E-state index is -0.330. The van der Waals surface area contributed by atoms with E-state index >= 15 is 0 Å². The minimum absolute atomic E-state index is 0.0343. The molecule has 0 unspecified atom stereocenters. The van der Waals surface area contributed by atoms with Gasteiger partial charge in [0.15, 0.2) is 0 Å². The van der Waals surface area contributed by atoms with Crippen LogP contribution >= 0.6 is 23.5 Å². The van der Waals surface area contributed by atoms with Crippen LogP contribution in [0.2, 0.25) is 0 Å². The number of thioether (sulfide) groups is 2. The Labute approximate surface area is 173 Å². The van der Waals surface area contributed by atoms with Crippen molar-refractivity contribution < 1.29 is 9.59 Å². The summed E-state index contributed by atoms with van der Waals surface area (Å²) in [6, 6.07) is 15.6. The van der Waals surface area contributed by atoms with Gasteiger partial charge >= 0.3 is 0 Å². The zero-order valence-electron chi connectivity index (χ0n) is 15.7. The number of amides is 2. The Balaban J connectivity index is 1.67. The molecule has 0 aliphatic heterocycles. The van der Waals surface area contributed by atoms with Crippen LogP contribution in [0.1, 0.15) is 24.0 Å². The van der Waals surface area contributed by atoms with Gasteiger partial charge in [0.2, 0.25) is 11.8 Å². The maximum absolute atomic E-state index is 11.7. The van der Waals surface area contributed by atoms with Crippen molar-refractivity contribution in [2.45, 2.75) is 22.6 Å². The Hall–Kier alpha value is -2.58. The van der Waals surface area contributed by atoms with E-state index in [1.54, 1.807) is 36.0 Å². The van der Waals surface area contributed by atoms with Crippen LogP contribution in [-0.2, 0) is 9.59 Å². The number of carbonyl (C=O) groups is 2. The van der Waals surface area contributed by atoms with Gasteiger partial charge in [0.05, 0.1) is 12.4 Å². The molecule has 2 amide bonds. The van der Waals surface area contributed by atoms with E-state index in [4.69, 9.17) is 0 Å². The predicted octanol–water partition coefficient (Wildman–Crippen LogP) is 3.51. The van der Waals surface area contributed by atoms with Crippen molar-refractivity contribution >= 4 is 47.8 Å². The van der Waals surface area contributed by atoms with Gasteiger partial charge in [-0.2, -0.15) is 10.2 Å². The molecule has 0 radical (unpaired) electrons. The summed E-state index contributed by atoms with van der Waals surface area (Å²) in [5, 5.41) is 7.79. The van der Waals surface area contributed by atoms with Crippen molar-refractivity contribution in [1.29, 1.82) is 0 Å². The van der Waals surface area contributed by atoms with Gasteiger partial charge in [-0.3, -0.25) is 9.59 Å². The van der Waals surface area contributed by atoms with Gasteiger partial charge in [-0.15, -0.1) is 23.5 Å². The number of nitrogens with zero attached hydrogens (tertiary/aromatic N) is 2. The van der Waals surface area contributed by atoms with Crippen molar-refractivity contribution in [2.24, 2.45) is 10.2 Å². The Morgan fingerprint density at radius 1 is 0.750 bits per heavy atom. The molecule has 2 aromatic carbocycles. The summed E-state index contributed by atoms with van der Waals surface area (Å²) in [5.41, 5.74) is 6.60. The summed E-state index contributed by atoms with van der Waals surface area (Å²) in [6.45, 7) is 0. The fourth-order valence-electron chi connectivity index (χ4n) is 2.08. The van der Waals surface area contributed by atoms with E-state index in [1.807, 2.05) is 61.0 Å². The Morgan fingerprint density at radius 3 is 1.43 bits per heavy atom. The fourth-order valence-corrected chi connectivity index (χ4v) is 2.89. The fraction of sp³-hybridized carbons (Fsp3) is 0.200. The molecule has 2 rings (SSSR count). The van der Waals surface area contributed by atoms with Crippen LogP contribution in [0.25, 0.3) is 0 Å². The van der Waals surface area contributed by atoms with Gasteiger partial charge in [-0.05, 0) is 47.9 Å². The second kappa shape index (κ2) is 12.0. The summed E-state index contributed by atoms with van der Waals surface area (Å²) in [7, 11) is 0. The van der Waals surface area contributed by atoms with Crippen LogP contribution in [0.15, 0.2) is 68.5 Å². The zero-order chi connectivity index (χ0) is 20.2. The van der Waals surface area contributed by atoms with E-state index in [1.165, 1.54) is 0 Å². The molecule has 0 spiro atoms. The highest BCUT2D eigenvalue weighted by Crippen LogP contribution is 2.14. The lowest BCUT2D eigenvalue weighted by molar-refractivity contribution is -0.126. The highest BCUT2D eigenvalue weighted by molar-refractivity contribution is 7.98. The minimum Gasteiger partial charge on any atom is -0.273 e. The number of hydrogen-bond acceptors (Lipinski definition) is 6. The lowest BCUT2D eigenvalue weighted by Crippen LogP contribution is -2.22. The monoisotopic (exact) mass is 414 g/mol. The number of benzene rings is 2. The number of hydrazone groups is 2. The summed E-state index contributed by atoms with van der Waals surface area (Å²) >= 11 is 3.32. The van der Waals surface area contributed by atoms with Crippen molar-refractivity contribution in [3.05, 3.63) is 59.7 Å². The lowest BCUT2D eigenvalue weighted by Gasteiger charge is -2.01. The topological polar surface area (TPSA) is 82.9 Å². The second-order valence-electron chi connectivity index (χ2n) is 5.63. The first-order chi connectivity index (χ1) is 13.6. The van der Waals surface area contributed by atoms with E-state index in [0.717, 1.165) is 20.9 Å². The smallest absolute Gasteiger partial charge is 0.240 e. The van der Waals surface area contributed by atoms with E-state index in [-0.39, 0.29) is 24.7 Å². The first-order valence-electron chi connectivity index (χ1n) is 8.52. The maximum atomic E-state index is 11.7. The van der Waals surface area contributed by atoms with Gasteiger partial charge in [0.25, 0.3) is 0 Å². The normalized spacial score (nSPS) is 11.1. The van der Waals surface area contributed by atoms with Gasteiger partial charge < -0.3 is 0 Å². The first-order valence-corrected chi connectivity index (χ1v) is 11.0. The molecule has 0 aliphatic carbocycles. The molecule has 0 atom stereocenters. The molecule has 0 fully saturated rings. The van der Waals surface area contributed by atoms with E-state index < -0.39 is 0 Å². The van der Waals surface area contributed by atoms with Crippen LogP contribution < -0.4 is 10.9 Å². The summed E-state index contributed by atoms with van der Waals surface area (Å²) in [5.74, 6) is -0.660. The molecule has 2 aromatic rings. The van der Waals surface area contributed by atoms with Crippen LogP contribution in [0.4, 0.5) is 0 Å². The van der Waals surface area contributed by atoms with Gasteiger partial charge in [0, 0.05) is 22.6 Å². The third kappa shape index (κ3) is 7.98. The molecule has 8 heteroatoms. The molecule has 0 heterocycles. The molecule has 28 heavy (non-hydrogen) atoms. The van der Waals surface area contributed by atoms with Gasteiger partial charge in [-0.1, -0.05) is 24.3 Å². The largest absolute Gasteiger partial charge is 0.273 e. The molecule has 0 bridgehead atoms. The highest BCUT2D eigenvalue weighted by Gasteiger charge is 2.05. The Kier molecular flexibility index (Phi) is 9.30. The van der Waals surface area contributed by atoms with Crippen molar-refractivity contribution in [3.63, 3.8) is 0 Å². The SMILES string of the molecule is CSc1ccc(/C=N/NC(=O)CCC(=O)N/N=C/c2ccc(SC)cc2)cc1. The van der Waals surface area contributed by atoms with Crippen LogP contribution in [0.5, 0.6) is 0 Å². The number of rotatable bonds is 9. The van der Waals surface area contributed by atoms with Crippen molar-refractivity contribution in [1.82, 2.24) is 10.9 Å². The molecule has 6 nitrogen and oxygen atoms in total. The molecule has 0 saturated carbocycles. The number of hydrogen-bond donors (Lipinski definition) is 2. The lowest BCUT2D eigenvalue weighted by atomic mass is 10.2. The van der Waals surface area contributed by atoms with Crippen molar-refractivity contribution in [2.75, 3.05) is 12.5 Å². The molecular formula is C20H22N4O2S2. The average Bonchev–Trinajstić information content (AvgIpc) is 2.73. The summed E-state index contributed by atoms with van der Waals surface area (Å²) in [4.78, 5) is 25.8. The zero-order valence-corrected chi connectivity index (χ0v) is 17.3. The molecule has 0 saturated heterocycles. The molecule has 146 valence electrons. The summed E-state index contributed by atoms with van der Waals surface area (Å²) in [6.07, 6.45) is 7.21. The Morgan fingerprint density at radius 2 is 1.11 bits per heavy atom. The first kappa shape index (κ1) is 21.7. The van der Waals surface area contributed by atoms with Gasteiger partial charge in [0.1, 0.15) is 0 Å². The second-order valence-corrected chi connectivity index (χ2v) is 7.39. The Bertz CT molecular complexity index is 763. The van der Waals surface area contributed by atoms with E-state index in [9.17, 15) is 9.59 Å². The van der Waals surface area contributed by atoms with E-state index in [0.29, 0.717) is 0 Å². The van der Waals surface area contributed by atoms with E-state index in [2.05, 4.69) is 21.1 Å². The predicted molar refractivity (Wildman–Crippen MR) is 117 cm³/mol. The number of nitrogens with one attached hydrogen (secondary N) is 2. The summed E-state index contributed by atoms with van der Waals surface area (Å²) < 4.78 is 0. The molecule has 2 N–H and O–H groups in total. The third-order valence-corrected chi connectivity index (χ3v) is 5.10. The average molecular weight is 415 g/mol. The van der Waals surface area contributed by atoms with Crippen LogP contribution in [0, 0.1) is 0 Å². The van der Waals surface area contributed by atoms with Gasteiger partial charge in [-0.25, -0.2) is 10.9 Å². The molecule has 0 aromatic heterocycles.